The Kier molecular flexibility index (Phi) is 5.86. The van der Waals surface area contributed by atoms with Crippen LogP contribution in [0.1, 0.15) is 24.8 Å². The highest BCUT2D eigenvalue weighted by Crippen LogP contribution is 2.35. The number of carbonyl (C=O) groups excluding carboxylic acids is 1. The molecule has 0 radical (unpaired) electrons. The lowest BCUT2D eigenvalue weighted by Crippen LogP contribution is -2.31. The molecule has 0 spiro atoms. The minimum atomic E-state index is -0.722. The van der Waals surface area contributed by atoms with E-state index in [1.165, 1.54) is 22.2 Å². The fourth-order valence-corrected chi connectivity index (χ4v) is 4.52. The molecule has 2 aromatic heterocycles. The standard InChI is InChI=1S/C24H23N3O3S/c1-4-30-19-12-10-18(11-13-19)26-22(28)15(2)27-14-25-23-21(24(27)29)20(16(3)31-23)17-8-6-5-7-9-17/h5-15H,4H2,1-3H3,(H,26,28). The number of nitrogens with zero attached hydrogens (tertiary/aromatic N) is 2. The lowest BCUT2D eigenvalue weighted by Gasteiger charge is -2.15. The first kappa shape index (κ1) is 20.8. The van der Waals surface area contributed by atoms with Crippen LogP contribution in [-0.4, -0.2) is 22.1 Å². The predicted octanol–water partition coefficient (Wildman–Crippen LogP) is 5.03. The number of thiophene rings is 1. The number of hydrogen-bond acceptors (Lipinski definition) is 5. The molecule has 0 bridgehead atoms. The van der Waals surface area contributed by atoms with E-state index in [2.05, 4.69) is 10.3 Å². The van der Waals surface area contributed by atoms with Crippen LogP contribution in [0, 0.1) is 6.92 Å². The molecule has 4 aromatic rings. The zero-order chi connectivity index (χ0) is 22.0. The Morgan fingerprint density at radius 1 is 1.16 bits per heavy atom. The zero-order valence-corrected chi connectivity index (χ0v) is 18.4. The molecule has 4 rings (SSSR count). The summed E-state index contributed by atoms with van der Waals surface area (Å²) >= 11 is 1.49. The van der Waals surface area contributed by atoms with Gasteiger partial charge in [0.2, 0.25) is 5.91 Å². The third-order valence-corrected chi connectivity index (χ3v) is 6.12. The van der Waals surface area contributed by atoms with Gasteiger partial charge in [-0.05, 0) is 50.6 Å². The van der Waals surface area contributed by atoms with E-state index in [0.29, 0.717) is 22.5 Å². The number of aryl methyl sites for hydroxylation is 1. The molecule has 0 aliphatic heterocycles. The molecule has 2 heterocycles. The number of carbonyl (C=O) groups is 1. The average Bonchev–Trinajstić information content (AvgIpc) is 3.12. The van der Waals surface area contributed by atoms with Gasteiger partial charge in [0.15, 0.2) is 0 Å². The van der Waals surface area contributed by atoms with Crippen LogP contribution in [0.25, 0.3) is 21.3 Å². The summed E-state index contributed by atoms with van der Waals surface area (Å²) in [6.45, 7) is 6.17. The van der Waals surface area contributed by atoms with Gasteiger partial charge in [-0.1, -0.05) is 30.3 Å². The van der Waals surface area contributed by atoms with Crippen LogP contribution in [0.15, 0.2) is 65.7 Å². The quantitative estimate of drug-likeness (QED) is 0.463. The van der Waals surface area contributed by atoms with Crippen LogP contribution >= 0.6 is 11.3 Å². The predicted molar refractivity (Wildman–Crippen MR) is 125 cm³/mol. The van der Waals surface area contributed by atoms with Gasteiger partial charge < -0.3 is 10.1 Å². The van der Waals surface area contributed by atoms with Gasteiger partial charge in [0.05, 0.1) is 18.3 Å². The number of hydrogen-bond donors (Lipinski definition) is 1. The molecule has 31 heavy (non-hydrogen) atoms. The normalized spacial score (nSPS) is 12.0. The van der Waals surface area contributed by atoms with Crippen molar-refractivity contribution in [2.24, 2.45) is 0 Å². The van der Waals surface area contributed by atoms with Crippen LogP contribution in [0.3, 0.4) is 0 Å². The Morgan fingerprint density at radius 3 is 2.55 bits per heavy atom. The van der Waals surface area contributed by atoms with Gasteiger partial charge in [-0.2, -0.15) is 0 Å². The van der Waals surface area contributed by atoms with E-state index in [0.717, 1.165) is 21.8 Å². The highest BCUT2D eigenvalue weighted by atomic mass is 32.1. The minimum absolute atomic E-state index is 0.220. The summed E-state index contributed by atoms with van der Waals surface area (Å²) in [5.41, 5.74) is 2.27. The highest BCUT2D eigenvalue weighted by molar-refractivity contribution is 7.19. The Labute approximate surface area is 184 Å². The van der Waals surface area contributed by atoms with Crippen LogP contribution in [-0.2, 0) is 4.79 Å². The van der Waals surface area contributed by atoms with Crippen LogP contribution in [0.2, 0.25) is 0 Å². The van der Waals surface area contributed by atoms with E-state index >= 15 is 0 Å². The van der Waals surface area contributed by atoms with Gasteiger partial charge in [-0.3, -0.25) is 14.2 Å². The van der Waals surface area contributed by atoms with Gasteiger partial charge in [0.1, 0.15) is 16.6 Å². The number of rotatable bonds is 6. The molecule has 7 heteroatoms. The summed E-state index contributed by atoms with van der Waals surface area (Å²) in [6.07, 6.45) is 1.46. The summed E-state index contributed by atoms with van der Waals surface area (Å²) in [7, 11) is 0. The Bertz CT molecular complexity index is 1280. The van der Waals surface area contributed by atoms with Crippen molar-refractivity contribution in [2.75, 3.05) is 11.9 Å². The van der Waals surface area contributed by atoms with Crippen molar-refractivity contribution in [1.82, 2.24) is 9.55 Å². The van der Waals surface area contributed by atoms with Gasteiger partial charge in [0, 0.05) is 16.1 Å². The van der Waals surface area contributed by atoms with Crippen molar-refractivity contribution in [3.63, 3.8) is 0 Å². The number of aromatic nitrogens is 2. The van der Waals surface area contributed by atoms with E-state index in [4.69, 9.17) is 4.74 Å². The molecule has 158 valence electrons. The van der Waals surface area contributed by atoms with Crippen LogP contribution in [0.4, 0.5) is 5.69 Å². The smallest absolute Gasteiger partial charge is 0.263 e. The Morgan fingerprint density at radius 2 is 1.87 bits per heavy atom. The van der Waals surface area contributed by atoms with Crippen molar-refractivity contribution < 1.29 is 9.53 Å². The van der Waals surface area contributed by atoms with Crippen molar-refractivity contribution in [2.45, 2.75) is 26.8 Å². The lowest BCUT2D eigenvalue weighted by molar-refractivity contribution is -0.118. The van der Waals surface area contributed by atoms with Gasteiger partial charge in [0.25, 0.3) is 5.56 Å². The monoisotopic (exact) mass is 433 g/mol. The molecule has 0 aliphatic rings. The first-order chi connectivity index (χ1) is 15.0. The third-order valence-electron chi connectivity index (χ3n) is 5.11. The fraction of sp³-hybridized carbons (Fsp3) is 0.208. The SMILES string of the molecule is CCOc1ccc(NC(=O)C(C)n2cnc3sc(C)c(-c4ccccc4)c3c2=O)cc1. The van der Waals surface area contributed by atoms with Crippen LogP contribution < -0.4 is 15.6 Å². The van der Waals surface area contributed by atoms with Crippen molar-refractivity contribution in [3.8, 4) is 16.9 Å². The summed E-state index contributed by atoms with van der Waals surface area (Å²) in [5.74, 6) is 0.446. The molecule has 1 amide bonds. The third kappa shape index (κ3) is 4.09. The number of nitrogens with one attached hydrogen (secondary N) is 1. The molecule has 6 nitrogen and oxygen atoms in total. The second-order valence-corrected chi connectivity index (χ2v) is 8.36. The maximum atomic E-state index is 13.4. The van der Waals surface area contributed by atoms with E-state index in [-0.39, 0.29) is 11.5 Å². The topological polar surface area (TPSA) is 73.2 Å². The maximum absolute atomic E-state index is 13.4. The van der Waals surface area contributed by atoms with Crippen molar-refractivity contribution in [1.29, 1.82) is 0 Å². The first-order valence-electron chi connectivity index (χ1n) is 10.1. The lowest BCUT2D eigenvalue weighted by atomic mass is 10.0. The molecule has 1 atom stereocenters. The van der Waals surface area contributed by atoms with Crippen molar-refractivity contribution >= 4 is 33.1 Å². The number of anilines is 1. The molecular weight excluding hydrogens is 410 g/mol. The van der Waals surface area contributed by atoms with E-state index in [9.17, 15) is 9.59 Å². The zero-order valence-electron chi connectivity index (χ0n) is 17.6. The minimum Gasteiger partial charge on any atom is -0.494 e. The fourth-order valence-electron chi connectivity index (χ4n) is 3.52. The average molecular weight is 434 g/mol. The maximum Gasteiger partial charge on any atom is 0.263 e. The van der Waals surface area contributed by atoms with Crippen LogP contribution in [0.5, 0.6) is 5.75 Å². The molecule has 0 saturated heterocycles. The molecule has 1 unspecified atom stereocenters. The summed E-state index contributed by atoms with van der Waals surface area (Å²) < 4.78 is 6.82. The summed E-state index contributed by atoms with van der Waals surface area (Å²) in [6, 6.07) is 16.2. The van der Waals surface area contributed by atoms with Crippen molar-refractivity contribution in [3.05, 3.63) is 76.2 Å². The van der Waals surface area contributed by atoms with E-state index < -0.39 is 6.04 Å². The first-order valence-corrected chi connectivity index (χ1v) is 10.9. The van der Waals surface area contributed by atoms with Gasteiger partial charge in [-0.15, -0.1) is 11.3 Å². The van der Waals surface area contributed by atoms with Gasteiger partial charge >= 0.3 is 0 Å². The second-order valence-electron chi connectivity index (χ2n) is 7.16. The summed E-state index contributed by atoms with van der Waals surface area (Å²) in [4.78, 5) is 32.4. The van der Waals surface area contributed by atoms with Gasteiger partial charge in [-0.25, -0.2) is 4.98 Å². The molecular formula is C24H23N3O3S. The number of benzene rings is 2. The largest absolute Gasteiger partial charge is 0.494 e. The highest BCUT2D eigenvalue weighted by Gasteiger charge is 2.22. The molecule has 0 fully saturated rings. The molecule has 2 aromatic carbocycles. The number of fused-ring (bicyclic) bond motifs is 1. The van der Waals surface area contributed by atoms with E-state index in [1.54, 1.807) is 31.2 Å². The summed E-state index contributed by atoms with van der Waals surface area (Å²) in [5, 5.41) is 3.41. The van der Waals surface area contributed by atoms with E-state index in [1.807, 2.05) is 44.2 Å². The molecule has 0 aliphatic carbocycles. The number of ether oxygens (including phenoxy) is 1. The Balaban J connectivity index is 1.66. The molecule has 0 saturated carbocycles. The number of amides is 1. The Hall–Kier alpha value is -3.45. The second kappa shape index (κ2) is 8.73. The molecule has 1 N–H and O–H groups in total.